The topological polar surface area (TPSA) is 76.0 Å². The Balaban J connectivity index is 1.93. The van der Waals surface area contributed by atoms with Crippen LogP contribution in [0.2, 0.25) is 5.04 Å². The van der Waals surface area contributed by atoms with Gasteiger partial charge in [-0.25, -0.2) is 4.79 Å². The number of ether oxygens (including phenoxy) is 1. The number of cyclic esters (lactones) is 1. The van der Waals surface area contributed by atoms with Crippen LogP contribution < -0.4 is 10.4 Å². The fourth-order valence-corrected chi connectivity index (χ4v) is 9.67. The molecular formula is C30H37BrO5Si. The first kappa shape index (κ1) is 29.3. The number of rotatable bonds is 10. The number of carbonyl (C=O) groups is 1. The van der Waals surface area contributed by atoms with Crippen LogP contribution in [0, 0.1) is 0 Å². The van der Waals surface area contributed by atoms with Crippen LogP contribution in [0.1, 0.15) is 40.5 Å². The summed E-state index contributed by atoms with van der Waals surface area (Å²) in [5, 5.41) is 24.3. The lowest BCUT2D eigenvalue weighted by Crippen LogP contribution is -2.67. The summed E-state index contributed by atoms with van der Waals surface area (Å²) in [6, 6.07) is 20.6. The highest BCUT2D eigenvalue weighted by Crippen LogP contribution is 2.38. The fourth-order valence-electron chi connectivity index (χ4n) is 4.69. The molecule has 1 heterocycles. The Bertz CT molecular complexity index is 1070. The number of hydrogen-bond acceptors (Lipinski definition) is 5. The molecule has 198 valence electrons. The van der Waals surface area contributed by atoms with Gasteiger partial charge in [-0.2, -0.15) is 0 Å². The molecule has 0 saturated carbocycles. The molecule has 0 aliphatic carbocycles. The standard InChI is InChI=1S/C30H37BrO5Si/c1-29(2,3)37(25-13-7-5-8-14-25,26-15-9-6-10-16-26)36-24(19-21-31)22-27(32)30(4,34)20-18-23-12-11-17-28(33)35-23/h5-11,13-21,23-24,27,32,34H,12,22H2,1-4H3/b20-18+,21-19-/t23?,24-,27+,30+/m0/s1. The number of hydrogen-bond donors (Lipinski definition) is 2. The normalized spacial score (nSPS) is 20.1. The molecule has 7 heteroatoms. The van der Waals surface area contributed by atoms with Crippen LogP contribution >= 0.6 is 15.9 Å². The van der Waals surface area contributed by atoms with Gasteiger partial charge in [0, 0.05) is 18.9 Å². The highest BCUT2D eigenvalue weighted by molar-refractivity contribution is 9.11. The largest absolute Gasteiger partial charge is 0.455 e. The van der Waals surface area contributed by atoms with Crippen molar-refractivity contribution < 1.29 is 24.2 Å². The second-order valence-electron chi connectivity index (χ2n) is 10.6. The van der Waals surface area contributed by atoms with Crippen molar-refractivity contribution in [1.29, 1.82) is 0 Å². The van der Waals surface area contributed by atoms with Crippen LogP contribution in [0.5, 0.6) is 0 Å². The van der Waals surface area contributed by atoms with Crippen molar-refractivity contribution in [2.45, 2.75) is 69.5 Å². The van der Waals surface area contributed by atoms with Crippen molar-refractivity contribution >= 4 is 40.6 Å². The van der Waals surface area contributed by atoms with Crippen LogP contribution in [0.4, 0.5) is 0 Å². The fraction of sp³-hybridized carbons (Fsp3) is 0.367. The number of aliphatic hydroxyl groups excluding tert-OH is 1. The molecule has 2 aromatic rings. The molecule has 2 N–H and O–H groups in total. The second kappa shape index (κ2) is 12.5. The third-order valence-corrected chi connectivity index (χ3v) is 12.1. The van der Waals surface area contributed by atoms with Gasteiger partial charge in [-0.15, -0.1) is 0 Å². The molecule has 0 amide bonds. The van der Waals surface area contributed by atoms with Crippen LogP contribution in [0.3, 0.4) is 0 Å². The van der Waals surface area contributed by atoms with Gasteiger partial charge in [-0.1, -0.05) is 116 Å². The SMILES string of the molecule is CC(C)(C)[Si](O[C@@H](/C=C\Br)C[C@@H](O)[C@](C)(O)/C=C/C1CC=CC(=O)O1)(c1ccccc1)c1ccccc1. The molecule has 0 radical (unpaired) electrons. The van der Waals surface area contributed by atoms with Gasteiger partial charge >= 0.3 is 5.97 Å². The average molecular weight is 586 g/mol. The Hall–Kier alpha value is -2.29. The summed E-state index contributed by atoms with van der Waals surface area (Å²) in [5.74, 6) is -0.415. The maximum atomic E-state index is 11.5. The number of halogens is 1. The van der Waals surface area contributed by atoms with Gasteiger partial charge in [0.2, 0.25) is 0 Å². The van der Waals surface area contributed by atoms with E-state index < -0.39 is 38.2 Å². The van der Waals surface area contributed by atoms with Crippen molar-refractivity contribution in [3.05, 3.63) is 96.0 Å². The Labute approximate surface area is 229 Å². The van der Waals surface area contributed by atoms with Gasteiger partial charge in [0.05, 0.1) is 12.2 Å². The van der Waals surface area contributed by atoms with E-state index in [4.69, 9.17) is 9.16 Å². The maximum absolute atomic E-state index is 11.5. The monoisotopic (exact) mass is 584 g/mol. The summed E-state index contributed by atoms with van der Waals surface area (Å²) in [7, 11) is -2.88. The Kier molecular flexibility index (Phi) is 9.89. The minimum atomic E-state index is -2.88. The molecule has 1 aliphatic heterocycles. The van der Waals surface area contributed by atoms with Crippen molar-refractivity contribution in [1.82, 2.24) is 0 Å². The molecule has 1 aliphatic rings. The van der Waals surface area contributed by atoms with E-state index in [2.05, 4.69) is 61.0 Å². The maximum Gasteiger partial charge on any atom is 0.331 e. The van der Waals surface area contributed by atoms with Crippen LogP contribution in [-0.4, -0.2) is 48.4 Å². The van der Waals surface area contributed by atoms with Gasteiger partial charge < -0.3 is 19.4 Å². The molecule has 2 aromatic carbocycles. The van der Waals surface area contributed by atoms with Crippen molar-refractivity contribution in [3.8, 4) is 0 Å². The minimum Gasteiger partial charge on any atom is -0.455 e. The smallest absolute Gasteiger partial charge is 0.331 e. The number of aliphatic hydroxyl groups is 2. The molecule has 0 bridgehead atoms. The van der Waals surface area contributed by atoms with E-state index in [1.165, 1.54) is 12.2 Å². The van der Waals surface area contributed by atoms with Crippen LogP contribution in [0.25, 0.3) is 0 Å². The molecule has 0 aromatic heterocycles. The zero-order valence-corrected chi connectivity index (χ0v) is 24.5. The van der Waals surface area contributed by atoms with E-state index in [-0.39, 0.29) is 11.5 Å². The predicted octanol–water partition coefficient (Wildman–Crippen LogP) is 4.77. The Morgan fingerprint density at radius 1 is 1.08 bits per heavy atom. The van der Waals surface area contributed by atoms with E-state index in [0.29, 0.717) is 6.42 Å². The lowest BCUT2D eigenvalue weighted by Gasteiger charge is -2.45. The van der Waals surface area contributed by atoms with Gasteiger partial charge in [-0.05, 0) is 33.4 Å². The molecular weight excluding hydrogens is 548 g/mol. The zero-order chi connectivity index (χ0) is 27.1. The summed E-state index contributed by atoms with van der Waals surface area (Å²) in [6.45, 7) is 8.14. The van der Waals surface area contributed by atoms with Crippen molar-refractivity contribution in [2.75, 3.05) is 0 Å². The minimum absolute atomic E-state index is 0.161. The first-order chi connectivity index (χ1) is 17.5. The number of esters is 1. The molecule has 37 heavy (non-hydrogen) atoms. The molecule has 0 fully saturated rings. The lowest BCUT2D eigenvalue weighted by atomic mass is 9.93. The predicted molar refractivity (Wildman–Crippen MR) is 155 cm³/mol. The third-order valence-electron chi connectivity index (χ3n) is 6.70. The van der Waals surface area contributed by atoms with Crippen molar-refractivity contribution in [3.63, 3.8) is 0 Å². The summed E-state index contributed by atoms with van der Waals surface area (Å²) in [5.41, 5.74) is -1.55. The van der Waals surface area contributed by atoms with E-state index >= 15 is 0 Å². The van der Waals surface area contributed by atoms with Gasteiger partial charge in [0.15, 0.2) is 0 Å². The molecule has 4 atom stereocenters. The summed E-state index contributed by atoms with van der Waals surface area (Å²) < 4.78 is 12.4. The van der Waals surface area contributed by atoms with E-state index in [0.717, 1.165) is 10.4 Å². The summed E-state index contributed by atoms with van der Waals surface area (Å²) in [4.78, 5) is 13.3. The number of carbonyl (C=O) groups excluding carboxylic acids is 1. The van der Waals surface area contributed by atoms with E-state index in [9.17, 15) is 15.0 Å². The van der Waals surface area contributed by atoms with E-state index in [1.54, 1.807) is 24.1 Å². The van der Waals surface area contributed by atoms with Gasteiger partial charge in [0.1, 0.15) is 11.7 Å². The quantitative estimate of drug-likeness (QED) is 0.239. The van der Waals surface area contributed by atoms with Crippen molar-refractivity contribution in [2.24, 2.45) is 0 Å². The van der Waals surface area contributed by atoms with Gasteiger partial charge in [-0.3, -0.25) is 0 Å². The Morgan fingerprint density at radius 3 is 2.14 bits per heavy atom. The van der Waals surface area contributed by atoms with Gasteiger partial charge in [0.25, 0.3) is 8.32 Å². The number of benzene rings is 2. The third kappa shape index (κ3) is 7.18. The molecule has 0 spiro atoms. The summed E-state index contributed by atoms with van der Waals surface area (Å²) >= 11 is 3.39. The first-order valence-electron chi connectivity index (χ1n) is 12.5. The lowest BCUT2D eigenvalue weighted by molar-refractivity contribution is -0.141. The second-order valence-corrected chi connectivity index (χ2v) is 15.4. The molecule has 0 saturated heterocycles. The highest BCUT2D eigenvalue weighted by Gasteiger charge is 2.51. The van der Waals surface area contributed by atoms with E-state index in [1.807, 2.05) is 42.5 Å². The summed E-state index contributed by atoms with van der Waals surface area (Å²) in [6.07, 6.45) is 6.72. The first-order valence-corrected chi connectivity index (χ1v) is 15.3. The molecule has 3 rings (SSSR count). The average Bonchev–Trinajstić information content (AvgIpc) is 2.86. The molecule has 1 unspecified atom stereocenters. The zero-order valence-electron chi connectivity index (χ0n) is 21.9. The Morgan fingerprint density at radius 2 is 1.65 bits per heavy atom. The van der Waals surface area contributed by atoms with Crippen LogP contribution in [0.15, 0.2) is 96.0 Å². The van der Waals surface area contributed by atoms with Crippen LogP contribution in [-0.2, 0) is 14.0 Å². The highest BCUT2D eigenvalue weighted by atomic mass is 79.9. The molecule has 5 nitrogen and oxygen atoms in total.